The van der Waals surface area contributed by atoms with Gasteiger partial charge in [0.2, 0.25) is 18.2 Å². The number of fused-ring (bicyclic) bond motifs is 2. The number of aliphatic hydroxyl groups is 1. The van der Waals surface area contributed by atoms with Crippen molar-refractivity contribution in [2.45, 2.75) is 39.0 Å². The Balaban J connectivity index is 1.56. The van der Waals surface area contributed by atoms with Crippen LogP contribution in [0.15, 0.2) is 36.6 Å². The topological polar surface area (TPSA) is 159 Å². The average molecular weight is 497 g/mol. The Morgan fingerprint density at radius 3 is 2.77 bits per heavy atom. The van der Waals surface area contributed by atoms with Crippen LogP contribution in [0.5, 0.6) is 0 Å². The van der Waals surface area contributed by atoms with Gasteiger partial charge >= 0.3 is 5.97 Å². The molecule has 0 aliphatic carbocycles. The number of hydrogen-bond donors (Lipinski definition) is 3. The molecule has 0 aromatic carbocycles. The lowest BCUT2D eigenvalue weighted by atomic mass is 9.83. The van der Waals surface area contributed by atoms with Crippen molar-refractivity contribution in [2.24, 2.45) is 11.7 Å². The van der Waals surface area contributed by atoms with Crippen LogP contribution in [0, 0.1) is 12.8 Å². The van der Waals surface area contributed by atoms with E-state index < -0.39 is 35.8 Å². The first-order valence-corrected chi connectivity index (χ1v) is 11.7. The van der Waals surface area contributed by atoms with Crippen LogP contribution >= 0.6 is 11.3 Å². The zero-order valence-electron chi connectivity index (χ0n) is 18.8. The first kappa shape index (κ1) is 22.9. The molecule has 0 bridgehead atoms. The van der Waals surface area contributed by atoms with Gasteiger partial charge in [-0.05, 0) is 26.3 Å². The summed E-state index contributed by atoms with van der Waals surface area (Å²) in [6, 6.07) is 2.84. The number of β-lactam (4-membered cyclic amide) rings is 1. The van der Waals surface area contributed by atoms with Gasteiger partial charge in [-0.15, -0.1) is 11.3 Å². The molecule has 3 aromatic heterocycles. The number of carbonyl (C=O) groups excluding carboxylic acids is 3. The summed E-state index contributed by atoms with van der Waals surface area (Å²) in [6.07, 6.45) is 4.08. The van der Waals surface area contributed by atoms with Crippen molar-refractivity contribution in [1.29, 1.82) is 0 Å². The normalized spacial score (nSPS) is 20.2. The fourth-order valence-corrected chi connectivity index (χ4v) is 6.20. The monoisotopic (exact) mass is 496 g/mol. The highest BCUT2D eigenvalue weighted by atomic mass is 32.1. The molecule has 3 aromatic rings. The van der Waals surface area contributed by atoms with Gasteiger partial charge in [0.1, 0.15) is 22.5 Å². The largest absolute Gasteiger partial charge is 0.477 e. The molecule has 11 nitrogen and oxygen atoms in total. The number of carbonyl (C=O) groups is 4. The summed E-state index contributed by atoms with van der Waals surface area (Å²) in [6.45, 7) is 3.26. The van der Waals surface area contributed by atoms with E-state index in [4.69, 9.17) is 5.73 Å². The van der Waals surface area contributed by atoms with Crippen molar-refractivity contribution in [1.82, 2.24) is 14.3 Å². The Hall–Kier alpha value is -3.90. The Morgan fingerprint density at radius 1 is 1.37 bits per heavy atom. The number of nitrogens with zero attached hydrogens (tertiary/aromatic N) is 4. The molecule has 0 spiro atoms. The van der Waals surface area contributed by atoms with Gasteiger partial charge in [-0.2, -0.15) is 4.57 Å². The van der Waals surface area contributed by atoms with Crippen molar-refractivity contribution < 1.29 is 34.0 Å². The molecule has 2 aliphatic rings. The molecule has 12 heteroatoms. The van der Waals surface area contributed by atoms with Gasteiger partial charge < -0.3 is 20.8 Å². The van der Waals surface area contributed by atoms with Gasteiger partial charge in [-0.3, -0.25) is 18.8 Å². The van der Waals surface area contributed by atoms with E-state index in [9.17, 15) is 29.4 Å². The fourth-order valence-electron chi connectivity index (χ4n) is 4.93. The maximum Gasteiger partial charge on any atom is 0.352 e. The van der Waals surface area contributed by atoms with Gasteiger partial charge in [0.05, 0.1) is 28.5 Å². The summed E-state index contributed by atoms with van der Waals surface area (Å²) in [5.41, 5.74) is 6.88. The molecule has 2 amide bonds. The summed E-state index contributed by atoms with van der Waals surface area (Å²) in [5, 5.41) is 19.9. The van der Waals surface area contributed by atoms with E-state index in [2.05, 4.69) is 4.98 Å². The molecule has 4 N–H and O–H groups in total. The zero-order chi connectivity index (χ0) is 25.2. The molecule has 2 aliphatic heterocycles. The van der Waals surface area contributed by atoms with Gasteiger partial charge in [-0.1, -0.05) is 0 Å². The standard InChI is InChI=1S/C23H21N5O6S/c1-10-20(13-6-14-16(11(2)29)21(32)28(14)18(13)23(33)34)35-22-17(25-9-27(10)22)19(31)12-4-3-5-26(7-12)8-15(24)30/h3-5,7,9,11,14,16,29H,6,8H2,1-2H3,(H2-,24,30,33,34)/p+1/t11-,14-,16-/m1/s1. The first-order valence-electron chi connectivity index (χ1n) is 10.9. The number of thiazole rings is 1. The van der Waals surface area contributed by atoms with E-state index >= 15 is 0 Å². The lowest BCUT2D eigenvalue weighted by Crippen LogP contribution is -2.61. The van der Waals surface area contributed by atoms with Gasteiger partial charge in [0, 0.05) is 17.3 Å². The Morgan fingerprint density at radius 2 is 2.11 bits per heavy atom. The number of pyridine rings is 1. The second kappa shape index (κ2) is 8.10. The molecule has 0 radical (unpaired) electrons. The predicted octanol–water partition coefficient (Wildman–Crippen LogP) is 0.115. The van der Waals surface area contributed by atoms with Crippen LogP contribution in [0.3, 0.4) is 0 Å². The third kappa shape index (κ3) is 3.44. The van der Waals surface area contributed by atoms with Crippen LogP contribution in [0.1, 0.15) is 40.0 Å². The molecular formula is C23H22N5O6S+. The molecular weight excluding hydrogens is 474 g/mol. The van der Waals surface area contributed by atoms with Crippen molar-refractivity contribution in [3.05, 3.63) is 58.4 Å². The smallest absolute Gasteiger partial charge is 0.352 e. The van der Waals surface area contributed by atoms with Crippen LogP contribution in [-0.4, -0.2) is 60.2 Å². The minimum atomic E-state index is -1.21. The van der Waals surface area contributed by atoms with E-state index in [-0.39, 0.29) is 23.7 Å². The number of rotatable bonds is 7. The average Bonchev–Trinajstić information content (AvgIpc) is 3.44. The SMILES string of the molecule is Cc1c(C2=C(C(=O)O)N3C(=O)[C@H]([C@@H](C)O)[C@H]3C2)sc2c(C(=O)c3ccc[n+](CC(N)=O)c3)ncn12. The van der Waals surface area contributed by atoms with E-state index in [0.29, 0.717) is 33.0 Å². The highest BCUT2D eigenvalue weighted by Crippen LogP contribution is 2.49. The highest BCUT2D eigenvalue weighted by Gasteiger charge is 2.57. The van der Waals surface area contributed by atoms with Crippen molar-refractivity contribution in [3.8, 4) is 0 Å². The summed E-state index contributed by atoms with van der Waals surface area (Å²) in [4.78, 5) is 55.9. The van der Waals surface area contributed by atoms with Crippen LogP contribution in [0.4, 0.5) is 0 Å². The lowest BCUT2D eigenvalue weighted by Gasteiger charge is -2.44. The number of nitrogens with two attached hydrogens (primary N) is 1. The molecule has 1 fully saturated rings. The van der Waals surface area contributed by atoms with Crippen LogP contribution in [0.2, 0.25) is 0 Å². The molecule has 5 rings (SSSR count). The molecule has 35 heavy (non-hydrogen) atoms. The molecule has 0 saturated carbocycles. The number of ketones is 1. The quantitative estimate of drug-likeness (QED) is 0.238. The summed E-state index contributed by atoms with van der Waals surface area (Å²) < 4.78 is 3.24. The Kier molecular flexibility index (Phi) is 5.29. The number of carboxylic acid groups (broad SMARTS) is 1. The highest BCUT2D eigenvalue weighted by molar-refractivity contribution is 7.19. The predicted molar refractivity (Wildman–Crippen MR) is 122 cm³/mol. The number of imidazole rings is 1. The van der Waals surface area contributed by atoms with Gasteiger partial charge in [-0.25, -0.2) is 9.78 Å². The number of hydrogen-bond acceptors (Lipinski definition) is 7. The van der Waals surface area contributed by atoms with Crippen LogP contribution < -0.4 is 10.3 Å². The number of primary amides is 1. The summed E-state index contributed by atoms with van der Waals surface area (Å²) >= 11 is 1.23. The lowest BCUT2D eigenvalue weighted by molar-refractivity contribution is -0.684. The summed E-state index contributed by atoms with van der Waals surface area (Å²) in [5.74, 6) is -3.15. The third-order valence-corrected chi connectivity index (χ3v) is 7.82. The molecule has 3 atom stereocenters. The maximum absolute atomic E-state index is 13.3. The number of aryl methyl sites for hydroxylation is 1. The van der Waals surface area contributed by atoms with Crippen molar-refractivity contribution in [3.63, 3.8) is 0 Å². The van der Waals surface area contributed by atoms with E-state index in [1.807, 2.05) is 0 Å². The van der Waals surface area contributed by atoms with Crippen molar-refractivity contribution >= 4 is 45.3 Å². The number of aromatic nitrogens is 3. The van der Waals surface area contributed by atoms with Gasteiger partial charge in [0.25, 0.3) is 5.91 Å². The molecule has 180 valence electrons. The maximum atomic E-state index is 13.3. The molecule has 5 heterocycles. The summed E-state index contributed by atoms with van der Waals surface area (Å²) in [7, 11) is 0. The number of aliphatic hydroxyl groups excluding tert-OH is 1. The zero-order valence-corrected chi connectivity index (χ0v) is 19.7. The Bertz CT molecular complexity index is 1470. The number of carboxylic acids is 1. The van der Waals surface area contributed by atoms with E-state index in [1.165, 1.54) is 40.3 Å². The minimum Gasteiger partial charge on any atom is -0.477 e. The van der Waals surface area contributed by atoms with Gasteiger partial charge in [0.15, 0.2) is 12.4 Å². The molecule has 0 unspecified atom stereocenters. The fraction of sp³-hybridized carbons (Fsp3) is 0.304. The second-order valence-electron chi connectivity index (χ2n) is 8.72. The number of amides is 2. The van der Waals surface area contributed by atoms with Crippen LogP contribution in [-0.2, 0) is 20.9 Å². The van der Waals surface area contributed by atoms with E-state index in [0.717, 1.165) is 0 Å². The second-order valence-corrected chi connectivity index (χ2v) is 9.72. The van der Waals surface area contributed by atoms with Crippen LogP contribution in [0.25, 0.3) is 10.4 Å². The number of aliphatic carboxylic acids is 1. The van der Waals surface area contributed by atoms with Crippen molar-refractivity contribution in [2.75, 3.05) is 0 Å². The first-order chi connectivity index (χ1) is 16.6. The molecule has 1 saturated heterocycles. The third-order valence-electron chi connectivity index (χ3n) is 6.49. The van der Waals surface area contributed by atoms with E-state index in [1.54, 1.807) is 29.7 Å². The Labute approximate surface area is 202 Å². The minimum absolute atomic E-state index is 0.0715.